The molecule has 0 aromatic heterocycles. The van der Waals surface area contributed by atoms with Gasteiger partial charge >= 0.3 is 0 Å². The average molecular weight is 335 g/mol. The predicted octanol–water partition coefficient (Wildman–Crippen LogP) is 2.55. The summed E-state index contributed by atoms with van der Waals surface area (Å²) in [6.45, 7) is 1.14. The van der Waals surface area contributed by atoms with Crippen LogP contribution in [0.25, 0.3) is 10.8 Å². The summed E-state index contributed by atoms with van der Waals surface area (Å²) >= 11 is 0. The van der Waals surface area contributed by atoms with Gasteiger partial charge in [-0.3, -0.25) is 4.79 Å². The van der Waals surface area contributed by atoms with E-state index in [1.807, 2.05) is 42.5 Å². The monoisotopic (exact) mass is 334 g/mol. The fourth-order valence-corrected chi connectivity index (χ4v) is 2.93. The highest BCUT2D eigenvalue weighted by Crippen LogP contribution is 2.20. The summed E-state index contributed by atoms with van der Waals surface area (Å²) in [4.78, 5) is 12.1. The van der Waals surface area contributed by atoms with E-state index in [2.05, 4.69) is 10.6 Å². The summed E-state index contributed by atoms with van der Waals surface area (Å²) in [5, 5.41) is 18.6. The molecule has 23 heavy (non-hydrogen) atoms. The molecule has 3 rings (SSSR count). The lowest BCUT2D eigenvalue weighted by molar-refractivity contribution is -0.124. The van der Waals surface area contributed by atoms with E-state index in [-0.39, 0.29) is 30.9 Å². The Bertz CT molecular complexity index is 656. The van der Waals surface area contributed by atoms with Gasteiger partial charge in [-0.2, -0.15) is 0 Å². The van der Waals surface area contributed by atoms with E-state index in [0.717, 1.165) is 42.1 Å². The highest BCUT2D eigenvalue weighted by Gasteiger charge is 2.21. The number of nitrogens with one attached hydrogen (secondary N) is 2. The number of fused-ring (bicyclic) bond motifs is 1. The summed E-state index contributed by atoms with van der Waals surface area (Å²) in [7, 11) is 0. The van der Waals surface area contributed by atoms with E-state index in [1.54, 1.807) is 0 Å². The van der Waals surface area contributed by atoms with Gasteiger partial charge in [0.05, 0.1) is 12.1 Å². The normalized spacial score (nSPS) is 18.9. The van der Waals surface area contributed by atoms with Crippen LogP contribution in [-0.2, 0) is 4.79 Å². The number of hydrogen-bond donors (Lipinski definition) is 3. The molecule has 1 aliphatic rings. The molecule has 2 atom stereocenters. The number of rotatable bonds is 4. The van der Waals surface area contributed by atoms with Gasteiger partial charge in [0.25, 0.3) is 0 Å². The molecule has 3 N–H and O–H groups in total. The Morgan fingerprint density at radius 3 is 2.74 bits per heavy atom. The van der Waals surface area contributed by atoms with Crippen LogP contribution >= 0.6 is 12.4 Å². The third-order valence-electron chi connectivity index (χ3n) is 4.25. The van der Waals surface area contributed by atoms with Gasteiger partial charge in [-0.15, -0.1) is 12.4 Å². The second-order valence-corrected chi connectivity index (χ2v) is 5.87. The maximum atomic E-state index is 12.1. The van der Waals surface area contributed by atoms with Gasteiger partial charge in [0.15, 0.2) is 0 Å². The topological polar surface area (TPSA) is 61.4 Å². The van der Waals surface area contributed by atoms with E-state index in [1.165, 1.54) is 0 Å². The number of benzene rings is 2. The molecule has 1 saturated heterocycles. The van der Waals surface area contributed by atoms with Gasteiger partial charge < -0.3 is 15.7 Å². The second-order valence-electron chi connectivity index (χ2n) is 5.87. The summed E-state index contributed by atoms with van der Waals surface area (Å²) in [5.74, 6) is -0.0143. The Labute approximate surface area is 142 Å². The number of amides is 1. The Hall–Kier alpha value is -1.62. The minimum absolute atomic E-state index is 0. The molecule has 2 aromatic carbocycles. The van der Waals surface area contributed by atoms with Crippen molar-refractivity contribution in [1.29, 1.82) is 0 Å². The minimum Gasteiger partial charge on any atom is -0.387 e. The fourth-order valence-electron chi connectivity index (χ4n) is 2.93. The van der Waals surface area contributed by atoms with Gasteiger partial charge in [0, 0.05) is 6.54 Å². The van der Waals surface area contributed by atoms with Crippen LogP contribution in [0.15, 0.2) is 42.5 Å². The first-order valence-electron chi connectivity index (χ1n) is 7.92. The molecule has 0 spiro atoms. The van der Waals surface area contributed by atoms with Crippen molar-refractivity contribution in [2.45, 2.75) is 31.4 Å². The van der Waals surface area contributed by atoms with E-state index < -0.39 is 6.10 Å². The zero-order valence-corrected chi connectivity index (χ0v) is 13.8. The zero-order chi connectivity index (χ0) is 15.4. The van der Waals surface area contributed by atoms with Gasteiger partial charge in [-0.1, -0.05) is 42.8 Å². The molecule has 124 valence electrons. The molecule has 1 heterocycles. The molecule has 0 radical (unpaired) electrons. The van der Waals surface area contributed by atoms with Crippen LogP contribution in [0.2, 0.25) is 0 Å². The van der Waals surface area contributed by atoms with Crippen LogP contribution in [0.3, 0.4) is 0 Å². The van der Waals surface area contributed by atoms with Crippen LogP contribution in [0.4, 0.5) is 0 Å². The highest BCUT2D eigenvalue weighted by atomic mass is 35.5. The van der Waals surface area contributed by atoms with Crippen molar-refractivity contribution in [1.82, 2.24) is 10.6 Å². The molecule has 2 unspecified atom stereocenters. The van der Waals surface area contributed by atoms with E-state index in [0.29, 0.717) is 0 Å². The second kappa shape index (κ2) is 8.29. The van der Waals surface area contributed by atoms with Gasteiger partial charge in [0.2, 0.25) is 5.91 Å². The van der Waals surface area contributed by atoms with Crippen molar-refractivity contribution in [3.05, 3.63) is 48.0 Å². The van der Waals surface area contributed by atoms with Crippen LogP contribution in [-0.4, -0.2) is 30.1 Å². The first-order chi connectivity index (χ1) is 10.7. The minimum atomic E-state index is -0.683. The van der Waals surface area contributed by atoms with E-state index >= 15 is 0 Å². The molecule has 0 saturated carbocycles. The number of carbonyl (C=O) groups is 1. The summed E-state index contributed by atoms with van der Waals surface area (Å²) in [6, 6.07) is 13.8. The van der Waals surface area contributed by atoms with Gasteiger partial charge in [-0.25, -0.2) is 0 Å². The van der Waals surface area contributed by atoms with E-state index in [4.69, 9.17) is 0 Å². The Morgan fingerprint density at radius 2 is 2.00 bits per heavy atom. The Morgan fingerprint density at radius 1 is 1.22 bits per heavy atom. The number of hydrogen-bond acceptors (Lipinski definition) is 3. The fraction of sp³-hybridized carbons (Fsp3) is 0.389. The maximum Gasteiger partial charge on any atom is 0.237 e. The lowest BCUT2D eigenvalue weighted by Crippen LogP contribution is -2.47. The molecule has 1 amide bonds. The quantitative estimate of drug-likeness (QED) is 0.805. The van der Waals surface area contributed by atoms with Gasteiger partial charge in [0.1, 0.15) is 0 Å². The highest BCUT2D eigenvalue weighted by molar-refractivity contribution is 5.85. The van der Waals surface area contributed by atoms with Crippen LogP contribution < -0.4 is 10.6 Å². The third kappa shape index (κ3) is 4.44. The molecule has 4 nitrogen and oxygen atoms in total. The van der Waals surface area contributed by atoms with Crippen molar-refractivity contribution in [2.24, 2.45) is 0 Å². The molecule has 0 bridgehead atoms. The molecular weight excluding hydrogens is 312 g/mol. The van der Waals surface area contributed by atoms with Crippen LogP contribution in [0, 0.1) is 0 Å². The summed E-state index contributed by atoms with van der Waals surface area (Å²) in [6.07, 6.45) is 2.40. The Kier molecular flexibility index (Phi) is 6.39. The third-order valence-corrected chi connectivity index (χ3v) is 4.25. The van der Waals surface area contributed by atoms with Crippen molar-refractivity contribution in [2.75, 3.05) is 13.1 Å². The maximum absolute atomic E-state index is 12.1. The molecule has 5 heteroatoms. The van der Waals surface area contributed by atoms with Gasteiger partial charge in [-0.05, 0) is 41.8 Å². The first kappa shape index (κ1) is 17.7. The molecule has 0 aliphatic carbocycles. The first-order valence-corrected chi connectivity index (χ1v) is 7.92. The van der Waals surface area contributed by atoms with Crippen molar-refractivity contribution in [3.8, 4) is 0 Å². The standard InChI is InChI=1S/C18H22N2O2.ClH/c21-17(12-20-18(22)16-7-3-4-10-19-16)15-9-8-13-5-1-2-6-14(13)11-15;/h1-2,5-6,8-9,11,16-17,19,21H,3-4,7,10,12H2,(H,20,22);1H. The SMILES string of the molecule is Cl.O=C(NCC(O)c1ccc2ccccc2c1)C1CCCCN1. The van der Waals surface area contributed by atoms with Crippen molar-refractivity contribution >= 4 is 29.1 Å². The Balaban J connectivity index is 0.00000192. The average Bonchev–Trinajstić information content (AvgIpc) is 2.59. The lowest BCUT2D eigenvalue weighted by atomic mass is 10.0. The number of aliphatic hydroxyl groups is 1. The van der Waals surface area contributed by atoms with Crippen molar-refractivity contribution in [3.63, 3.8) is 0 Å². The predicted molar refractivity (Wildman–Crippen MR) is 94.8 cm³/mol. The number of aliphatic hydroxyl groups excluding tert-OH is 1. The zero-order valence-electron chi connectivity index (χ0n) is 13.0. The van der Waals surface area contributed by atoms with Crippen molar-refractivity contribution < 1.29 is 9.90 Å². The number of halogens is 1. The van der Waals surface area contributed by atoms with Crippen LogP contribution in [0.1, 0.15) is 30.9 Å². The molecule has 1 fully saturated rings. The van der Waals surface area contributed by atoms with Crippen LogP contribution in [0.5, 0.6) is 0 Å². The molecule has 1 aliphatic heterocycles. The molecule has 2 aromatic rings. The number of piperidine rings is 1. The van der Waals surface area contributed by atoms with E-state index in [9.17, 15) is 9.90 Å². The lowest BCUT2D eigenvalue weighted by Gasteiger charge is -2.23. The number of carbonyl (C=O) groups excluding carboxylic acids is 1. The molecular formula is C18H23ClN2O2. The smallest absolute Gasteiger partial charge is 0.237 e. The summed E-state index contributed by atoms with van der Waals surface area (Å²) < 4.78 is 0. The summed E-state index contributed by atoms with van der Waals surface area (Å²) in [5.41, 5.74) is 0.829. The largest absolute Gasteiger partial charge is 0.387 e.